The summed E-state index contributed by atoms with van der Waals surface area (Å²) in [5, 5.41) is 3.23. The number of carbonyl (C=O) groups excluding carboxylic acids is 1. The van der Waals surface area contributed by atoms with E-state index in [1.54, 1.807) is 19.1 Å². The van der Waals surface area contributed by atoms with Gasteiger partial charge in [0.15, 0.2) is 0 Å². The predicted octanol–water partition coefficient (Wildman–Crippen LogP) is 2.66. The van der Waals surface area contributed by atoms with Crippen LogP contribution in [0.1, 0.15) is 33.6 Å². The van der Waals surface area contributed by atoms with E-state index >= 15 is 0 Å². The average Bonchev–Trinajstić information content (AvgIpc) is 2.56. The van der Waals surface area contributed by atoms with Crippen LogP contribution in [-0.4, -0.2) is 44.4 Å². The lowest BCUT2D eigenvalue weighted by molar-refractivity contribution is -0.126. The van der Waals surface area contributed by atoms with E-state index < -0.39 is 10.0 Å². The highest BCUT2D eigenvalue weighted by Crippen LogP contribution is 2.32. The summed E-state index contributed by atoms with van der Waals surface area (Å²) < 4.78 is 32.8. The SMILES string of the molecule is CCOc1ccc(Cl)cc1S(=O)(=O)N1CCC(C(=O)NC(C)C)CC1. The number of nitrogens with zero attached hydrogens (tertiary/aromatic N) is 1. The van der Waals surface area contributed by atoms with Gasteiger partial charge in [-0.25, -0.2) is 8.42 Å². The van der Waals surface area contributed by atoms with E-state index in [0.29, 0.717) is 43.3 Å². The van der Waals surface area contributed by atoms with Gasteiger partial charge in [0.25, 0.3) is 0 Å². The largest absolute Gasteiger partial charge is 0.492 e. The summed E-state index contributed by atoms with van der Waals surface area (Å²) >= 11 is 5.98. The van der Waals surface area contributed by atoms with Crippen molar-refractivity contribution in [3.8, 4) is 5.75 Å². The van der Waals surface area contributed by atoms with E-state index in [-0.39, 0.29) is 22.8 Å². The molecular weight excluding hydrogens is 364 g/mol. The average molecular weight is 389 g/mol. The first-order valence-corrected chi connectivity index (χ1v) is 10.3. The molecule has 0 atom stereocenters. The van der Waals surface area contributed by atoms with Gasteiger partial charge in [0.05, 0.1) is 6.61 Å². The fraction of sp³-hybridized carbons (Fsp3) is 0.588. The minimum absolute atomic E-state index is 0.00944. The summed E-state index contributed by atoms with van der Waals surface area (Å²) in [5.74, 6) is 0.135. The standard InChI is InChI=1S/C17H25ClN2O4S/c1-4-24-15-6-5-14(18)11-16(15)25(22,23)20-9-7-13(8-10-20)17(21)19-12(2)3/h5-6,11-13H,4,7-10H2,1-3H3,(H,19,21). The highest BCUT2D eigenvalue weighted by Gasteiger charge is 2.34. The summed E-state index contributed by atoms with van der Waals surface area (Å²) in [6, 6.07) is 4.67. The molecular formula is C17H25ClN2O4S. The summed E-state index contributed by atoms with van der Waals surface area (Å²) in [6.07, 6.45) is 1.00. The number of piperidine rings is 1. The number of sulfonamides is 1. The second-order valence-electron chi connectivity index (χ2n) is 6.37. The summed E-state index contributed by atoms with van der Waals surface area (Å²) in [4.78, 5) is 12.2. The van der Waals surface area contributed by atoms with Crippen LogP contribution in [0.4, 0.5) is 0 Å². The zero-order valence-electron chi connectivity index (χ0n) is 14.8. The second kappa shape index (κ2) is 8.38. The van der Waals surface area contributed by atoms with Crippen LogP contribution in [0.2, 0.25) is 5.02 Å². The number of nitrogens with one attached hydrogen (secondary N) is 1. The van der Waals surface area contributed by atoms with Crippen LogP contribution >= 0.6 is 11.6 Å². The quantitative estimate of drug-likeness (QED) is 0.812. The number of carbonyl (C=O) groups is 1. The van der Waals surface area contributed by atoms with Crippen LogP contribution in [0.25, 0.3) is 0 Å². The number of amides is 1. The van der Waals surface area contributed by atoms with Crippen LogP contribution in [0.3, 0.4) is 0 Å². The topological polar surface area (TPSA) is 75.7 Å². The Morgan fingerprint density at radius 2 is 2.00 bits per heavy atom. The minimum atomic E-state index is -3.72. The number of hydrogen-bond donors (Lipinski definition) is 1. The van der Waals surface area contributed by atoms with Gasteiger partial charge in [-0.05, 0) is 51.8 Å². The zero-order chi connectivity index (χ0) is 18.6. The molecule has 0 unspecified atom stereocenters. The fourth-order valence-electron chi connectivity index (χ4n) is 2.86. The van der Waals surface area contributed by atoms with Gasteiger partial charge in [0, 0.05) is 30.1 Å². The molecule has 0 bridgehead atoms. The van der Waals surface area contributed by atoms with Crippen LogP contribution < -0.4 is 10.1 Å². The number of hydrogen-bond acceptors (Lipinski definition) is 4. The van der Waals surface area contributed by atoms with Gasteiger partial charge in [0.2, 0.25) is 15.9 Å². The molecule has 25 heavy (non-hydrogen) atoms. The van der Waals surface area contributed by atoms with Crippen molar-refractivity contribution in [2.45, 2.75) is 44.6 Å². The van der Waals surface area contributed by atoms with Gasteiger partial charge in [-0.3, -0.25) is 4.79 Å². The van der Waals surface area contributed by atoms with E-state index in [0.717, 1.165) is 0 Å². The molecule has 140 valence electrons. The molecule has 1 N–H and O–H groups in total. The molecule has 1 aromatic carbocycles. The van der Waals surface area contributed by atoms with Gasteiger partial charge in [0.1, 0.15) is 10.6 Å². The maximum atomic E-state index is 13.0. The van der Waals surface area contributed by atoms with Crippen molar-refractivity contribution in [3.05, 3.63) is 23.2 Å². The van der Waals surface area contributed by atoms with E-state index in [2.05, 4.69) is 5.32 Å². The van der Waals surface area contributed by atoms with Crippen LogP contribution in [-0.2, 0) is 14.8 Å². The Hall–Kier alpha value is -1.31. The lowest BCUT2D eigenvalue weighted by atomic mass is 9.97. The van der Waals surface area contributed by atoms with Gasteiger partial charge in [-0.1, -0.05) is 11.6 Å². The van der Waals surface area contributed by atoms with Gasteiger partial charge in [-0.15, -0.1) is 0 Å². The lowest BCUT2D eigenvalue weighted by Gasteiger charge is -2.31. The van der Waals surface area contributed by atoms with Crippen molar-refractivity contribution in [2.24, 2.45) is 5.92 Å². The molecule has 1 aromatic rings. The molecule has 1 aliphatic heterocycles. The Balaban J connectivity index is 2.15. The number of benzene rings is 1. The Bertz CT molecular complexity index is 713. The van der Waals surface area contributed by atoms with Gasteiger partial charge >= 0.3 is 0 Å². The molecule has 0 saturated carbocycles. The molecule has 1 heterocycles. The molecule has 1 saturated heterocycles. The van der Waals surface area contributed by atoms with Gasteiger partial charge in [-0.2, -0.15) is 4.31 Å². The number of ether oxygens (including phenoxy) is 1. The van der Waals surface area contributed by atoms with E-state index in [4.69, 9.17) is 16.3 Å². The molecule has 1 amide bonds. The van der Waals surface area contributed by atoms with Crippen molar-refractivity contribution in [1.29, 1.82) is 0 Å². The van der Waals surface area contributed by atoms with Crippen molar-refractivity contribution in [1.82, 2.24) is 9.62 Å². The first kappa shape index (κ1) is 20.0. The van der Waals surface area contributed by atoms with Crippen LogP contribution in [0, 0.1) is 5.92 Å². The maximum Gasteiger partial charge on any atom is 0.246 e. The molecule has 2 rings (SSSR count). The third kappa shape index (κ3) is 4.86. The highest BCUT2D eigenvalue weighted by molar-refractivity contribution is 7.89. The first-order valence-electron chi connectivity index (χ1n) is 8.48. The van der Waals surface area contributed by atoms with Crippen molar-refractivity contribution in [3.63, 3.8) is 0 Å². The Morgan fingerprint density at radius 1 is 1.36 bits per heavy atom. The Kier molecular flexibility index (Phi) is 6.71. The lowest BCUT2D eigenvalue weighted by Crippen LogP contribution is -2.44. The molecule has 1 fully saturated rings. The normalized spacial score (nSPS) is 16.8. The monoisotopic (exact) mass is 388 g/mol. The third-order valence-electron chi connectivity index (χ3n) is 4.08. The van der Waals surface area contributed by atoms with Crippen molar-refractivity contribution < 1.29 is 17.9 Å². The molecule has 0 aromatic heterocycles. The van der Waals surface area contributed by atoms with Crippen LogP contribution in [0.5, 0.6) is 5.75 Å². The van der Waals surface area contributed by atoms with E-state index in [1.807, 2.05) is 13.8 Å². The number of halogens is 1. The molecule has 6 nitrogen and oxygen atoms in total. The smallest absolute Gasteiger partial charge is 0.246 e. The third-order valence-corrected chi connectivity index (χ3v) is 6.23. The van der Waals surface area contributed by atoms with Gasteiger partial charge < -0.3 is 10.1 Å². The summed E-state index contributed by atoms with van der Waals surface area (Å²) in [7, 11) is -3.72. The maximum absolute atomic E-state index is 13.0. The Labute approximate surface area is 154 Å². The number of rotatable bonds is 6. The van der Waals surface area contributed by atoms with Crippen LogP contribution in [0.15, 0.2) is 23.1 Å². The first-order chi connectivity index (χ1) is 11.8. The van der Waals surface area contributed by atoms with Crippen molar-refractivity contribution >= 4 is 27.5 Å². The molecule has 0 aliphatic carbocycles. The molecule has 0 radical (unpaired) electrons. The Morgan fingerprint density at radius 3 is 2.56 bits per heavy atom. The summed E-state index contributed by atoms with van der Waals surface area (Å²) in [5.41, 5.74) is 0. The second-order valence-corrected chi connectivity index (χ2v) is 8.71. The van der Waals surface area contributed by atoms with E-state index in [9.17, 15) is 13.2 Å². The fourth-order valence-corrected chi connectivity index (χ4v) is 4.72. The van der Waals surface area contributed by atoms with E-state index in [1.165, 1.54) is 10.4 Å². The summed E-state index contributed by atoms with van der Waals surface area (Å²) in [6.45, 7) is 6.58. The highest BCUT2D eigenvalue weighted by atomic mass is 35.5. The molecule has 0 spiro atoms. The zero-order valence-corrected chi connectivity index (χ0v) is 16.4. The molecule has 1 aliphatic rings. The predicted molar refractivity (Wildman–Crippen MR) is 97.4 cm³/mol. The minimum Gasteiger partial charge on any atom is -0.492 e. The molecule has 8 heteroatoms. The van der Waals surface area contributed by atoms with Crippen molar-refractivity contribution in [2.75, 3.05) is 19.7 Å².